The lowest BCUT2D eigenvalue weighted by Crippen LogP contribution is -2.31. The number of halogens is 6. The molecule has 204 valence electrons. The SMILES string of the molecule is CN(C)c1cc(NC2CCC(CNCc3ccc(Br)cc3OC(F)(F)F)CC2)nc2ccccc12.Cl.Cl. The molecule has 0 aliphatic heterocycles. The van der Waals surface area contributed by atoms with Crippen LogP contribution in [0.4, 0.5) is 24.7 Å². The highest BCUT2D eigenvalue weighted by molar-refractivity contribution is 9.10. The number of nitrogens with one attached hydrogen (secondary N) is 2. The predicted molar refractivity (Wildman–Crippen MR) is 152 cm³/mol. The standard InChI is InChI=1S/C26H30BrF3N4O.2ClH/c1-34(2)23-14-25(33-22-6-4-3-5-21(22)23)32-20-11-7-17(8-12-20)15-31-16-18-9-10-19(27)13-24(18)35-26(28,29)30;;/h3-6,9-10,13-14,17,20,31H,7-8,11-12,15-16H2,1-2H3,(H,32,33);2*1H. The van der Waals surface area contributed by atoms with E-state index in [1.54, 1.807) is 12.1 Å². The first-order valence-corrected chi connectivity index (χ1v) is 12.6. The Hall–Kier alpha value is -1.94. The van der Waals surface area contributed by atoms with Crippen LogP contribution in [-0.2, 0) is 6.54 Å². The zero-order valence-corrected chi connectivity index (χ0v) is 23.9. The van der Waals surface area contributed by atoms with Crippen LogP contribution in [0.5, 0.6) is 5.75 Å². The summed E-state index contributed by atoms with van der Waals surface area (Å²) in [5.74, 6) is 1.20. The third-order valence-corrected chi connectivity index (χ3v) is 6.87. The van der Waals surface area contributed by atoms with Gasteiger partial charge in [-0.3, -0.25) is 0 Å². The maximum atomic E-state index is 12.7. The molecule has 1 aliphatic carbocycles. The number of benzene rings is 2. The molecular weight excluding hydrogens is 592 g/mol. The van der Waals surface area contributed by atoms with Gasteiger partial charge in [0.1, 0.15) is 11.6 Å². The van der Waals surface area contributed by atoms with Crippen molar-refractivity contribution in [3.05, 3.63) is 58.6 Å². The molecule has 0 amide bonds. The van der Waals surface area contributed by atoms with Gasteiger partial charge in [0.2, 0.25) is 0 Å². The smallest absolute Gasteiger partial charge is 0.405 e. The topological polar surface area (TPSA) is 49.4 Å². The fraction of sp³-hybridized carbons (Fsp3) is 0.423. The van der Waals surface area contributed by atoms with Crippen molar-refractivity contribution in [2.45, 2.75) is 44.6 Å². The molecule has 1 heterocycles. The molecule has 2 aromatic carbocycles. The number of nitrogens with zero attached hydrogens (tertiary/aromatic N) is 2. The van der Waals surface area contributed by atoms with Gasteiger partial charge in [0.25, 0.3) is 0 Å². The maximum Gasteiger partial charge on any atom is 0.573 e. The van der Waals surface area contributed by atoms with Crippen molar-refractivity contribution in [3.63, 3.8) is 0 Å². The molecule has 0 radical (unpaired) electrons. The Labute approximate surface area is 236 Å². The highest BCUT2D eigenvalue weighted by Gasteiger charge is 2.32. The van der Waals surface area contributed by atoms with Crippen molar-refractivity contribution >= 4 is 63.2 Å². The third kappa shape index (κ3) is 8.80. The van der Waals surface area contributed by atoms with Crippen molar-refractivity contribution < 1.29 is 17.9 Å². The number of fused-ring (bicyclic) bond motifs is 1. The number of rotatable bonds is 8. The van der Waals surface area contributed by atoms with Gasteiger partial charge in [0.15, 0.2) is 0 Å². The first-order valence-electron chi connectivity index (χ1n) is 11.8. The van der Waals surface area contributed by atoms with Gasteiger partial charge in [0, 0.05) is 53.9 Å². The van der Waals surface area contributed by atoms with E-state index in [1.165, 1.54) is 6.07 Å². The van der Waals surface area contributed by atoms with Crippen LogP contribution in [0.25, 0.3) is 10.9 Å². The Morgan fingerprint density at radius 1 is 1.03 bits per heavy atom. The number of aromatic nitrogens is 1. The minimum atomic E-state index is -4.71. The molecule has 0 spiro atoms. The van der Waals surface area contributed by atoms with Crippen LogP contribution >= 0.6 is 40.7 Å². The van der Waals surface area contributed by atoms with Crippen LogP contribution in [0.1, 0.15) is 31.2 Å². The van der Waals surface area contributed by atoms with Crippen LogP contribution in [0.3, 0.4) is 0 Å². The Morgan fingerprint density at radius 2 is 1.73 bits per heavy atom. The summed E-state index contributed by atoms with van der Waals surface area (Å²) < 4.78 is 42.9. The van der Waals surface area contributed by atoms with Crippen molar-refractivity contribution in [1.82, 2.24) is 10.3 Å². The second-order valence-corrected chi connectivity index (χ2v) is 10.1. The normalized spacial score (nSPS) is 17.5. The van der Waals surface area contributed by atoms with E-state index in [2.05, 4.69) is 48.3 Å². The van der Waals surface area contributed by atoms with E-state index in [0.29, 0.717) is 28.5 Å². The molecule has 3 aromatic rings. The summed E-state index contributed by atoms with van der Waals surface area (Å²) in [7, 11) is 4.08. The fourth-order valence-electron chi connectivity index (χ4n) is 4.63. The number of anilines is 2. The molecule has 5 nitrogen and oxygen atoms in total. The number of hydrogen-bond donors (Lipinski definition) is 2. The molecule has 0 bridgehead atoms. The Balaban J connectivity index is 0.00000241. The zero-order chi connectivity index (χ0) is 25.0. The Bertz CT molecular complexity index is 1160. The van der Waals surface area contributed by atoms with E-state index in [0.717, 1.165) is 54.6 Å². The van der Waals surface area contributed by atoms with Crippen LogP contribution in [0.15, 0.2) is 53.0 Å². The molecule has 1 aliphatic rings. The van der Waals surface area contributed by atoms with Gasteiger partial charge >= 0.3 is 6.36 Å². The molecule has 0 unspecified atom stereocenters. The van der Waals surface area contributed by atoms with Gasteiger partial charge in [-0.25, -0.2) is 4.98 Å². The van der Waals surface area contributed by atoms with Gasteiger partial charge < -0.3 is 20.3 Å². The lowest BCUT2D eigenvalue weighted by atomic mass is 9.86. The van der Waals surface area contributed by atoms with E-state index < -0.39 is 6.36 Å². The molecule has 4 rings (SSSR count). The average Bonchev–Trinajstić information content (AvgIpc) is 2.80. The summed E-state index contributed by atoms with van der Waals surface area (Å²) in [4.78, 5) is 6.91. The molecule has 37 heavy (non-hydrogen) atoms. The van der Waals surface area contributed by atoms with Crippen molar-refractivity contribution in [2.75, 3.05) is 30.9 Å². The summed E-state index contributed by atoms with van der Waals surface area (Å²) in [5.41, 5.74) is 2.60. The monoisotopic (exact) mass is 622 g/mol. The number of pyridine rings is 1. The van der Waals surface area contributed by atoms with Crippen LogP contribution in [-0.4, -0.2) is 38.0 Å². The second kappa shape index (κ2) is 13.7. The van der Waals surface area contributed by atoms with E-state index in [-0.39, 0.29) is 30.6 Å². The molecule has 2 N–H and O–H groups in total. The third-order valence-electron chi connectivity index (χ3n) is 6.38. The molecule has 11 heteroatoms. The van der Waals surface area contributed by atoms with Gasteiger partial charge in [-0.05, 0) is 56.3 Å². The number of alkyl halides is 3. The van der Waals surface area contributed by atoms with Crippen molar-refractivity contribution in [2.24, 2.45) is 5.92 Å². The summed E-state index contributed by atoms with van der Waals surface area (Å²) >= 11 is 3.21. The van der Waals surface area contributed by atoms with Crippen molar-refractivity contribution in [1.29, 1.82) is 0 Å². The number of hydrogen-bond acceptors (Lipinski definition) is 5. The largest absolute Gasteiger partial charge is 0.573 e. The Kier molecular flexibility index (Phi) is 11.6. The first-order chi connectivity index (χ1) is 16.7. The van der Waals surface area contributed by atoms with Crippen molar-refractivity contribution in [3.8, 4) is 5.75 Å². The van der Waals surface area contributed by atoms with E-state index in [1.807, 2.05) is 32.3 Å². The minimum absolute atomic E-state index is 0. The van der Waals surface area contributed by atoms with Crippen LogP contribution < -0.4 is 20.3 Å². The van der Waals surface area contributed by atoms with Gasteiger partial charge in [-0.15, -0.1) is 38.0 Å². The minimum Gasteiger partial charge on any atom is -0.405 e. The first kappa shape index (κ1) is 31.3. The lowest BCUT2D eigenvalue weighted by molar-refractivity contribution is -0.274. The Morgan fingerprint density at radius 3 is 2.41 bits per heavy atom. The number of para-hydroxylation sites is 1. The van der Waals surface area contributed by atoms with Crippen LogP contribution in [0, 0.1) is 5.92 Å². The molecule has 1 saturated carbocycles. The second-order valence-electron chi connectivity index (χ2n) is 9.23. The number of ether oxygens (including phenoxy) is 1. The molecule has 1 fully saturated rings. The quantitative estimate of drug-likeness (QED) is 0.271. The maximum absolute atomic E-state index is 12.7. The summed E-state index contributed by atoms with van der Waals surface area (Å²) in [6, 6.07) is 15.3. The zero-order valence-electron chi connectivity index (χ0n) is 20.6. The van der Waals surface area contributed by atoms with E-state index in [4.69, 9.17) is 4.98 Å². The van der Waals surface area contributed by atoms with Gasteiger partial charge in [-0.2, -0.15) is 0 Å². The average molecular weight is 624 g/mol. The highest BCUT2D eigenvalue weighted by Crippen LogP contribution is 2.32. The molecule has 0 atom stereocenters. The summed E-state index contributed by atoms with van der Waals surface area (Å²) in [6.45, 7) is 1.08. The van der Waals surface area contributed by atoms with E-state index >= 15 is 0 Å². The van der Waals surface area contributed by atoms with Crippen LogP contribution in [0.2, 0.25) is 0 Å². The molecular formula is C26H32BrCl2F3N4O. The van der Waals surface area contributed by atoms with Gasteiger partial charge in [0.05, 0.1) is 5.52 Å². The molecule has 0 saturated heterocycles. The summed E-state index contributed by atoms with van der Waals surface area (Å²) in [5, 5.41) is 8.07. The highest BCUT2D eigenvalue weighted by atomic mass is 79.9. The predicted octanol–water partition coefficient (Wildman–Crippen LogP) is 7.57. The lowest BCUT2D eigenvalue weighted by Gasteiger charge is -2.30. The van der Waals surface area contributed by atoms with Gasteiger partial charge in [-0.1, -0.05) is 40.2 Å². The fourth-order valence-corrected chi connectivity index (χ4v) is 4.97. The molecule has 1 aromatic heterocycles. The van der Waals surface area contributed by atoms with E-state index in [9.17, 15) is 13.2 Å². The summed E-state index contributed by atoms with van der Waals surface area (Å²) in [6.07, 6.45) is -0.568.